The van der Waals surface area contributed by atoms with Gasteiger partial charge < -0.3 is 19.5 Å². The van der Waals surface area contributed by atoms with Crippen molar-refractivity contribution in [3.63, 3.8) is 0 Å². The molecule has 1 N–H and O–H groups in total. The Labute approximate surface area is 144 Å². The van der Waals surface area contributed by atoms with Crippen molar-refractivity contribution in [3.05, 3.63) is 29.6 Å². The molecule has 8 heteroatoms. The van der Waals surface area contributed by atoms with E-state index in [9.17, 15) is 14.0 Å². The molecule has 2 aliphatic rings. The summed E-state index contributed by atoms with van der Waals surface area (Å²) in [7, 11) is 1.35. The molecule has 0 aliphatic carbocycles. The predicted octanol–water partition coefficient (Wildman–Crippen LogP) is 0.692. The standard InChI is InChI=1S/C17H21FN2O5/c1-24-14-4-2-3-13(16(14)18)17(23)20-6-11-5-19(8-15(21)22)7-12(20)10-25-9-11/h2-4,11-12H,5-10H2,1H3,(H,21,22)/t11-,12-/m0/s1. The molecular formula is C17H21FN2O5. The van der Waals surface area contributed by atoms with Crippen LogP contribution in [-0.4, -0.2) is 79.3 Å². The molecule has 2 saturated heterocycles. The molecule has 2 fully saturated rings. The van der Waals surface area contributed by atoms with Crippen molar-refractivity contribution in [1.29, 1.82) is 0 Å². The highest BCUT2D eigenvalue weighted by Gasteiger charge is 2.37. The average molecular weight is 352 g/mol. The SMILES string of the molecule is COc1cccc(C(=O)N2C[C@H]3COC[C@@H]2CN(CC(=O)O)C3)c1F. The molecule has 2 heterocycles. The predicted molar refractivity (Wildman–Crippen MR) is 86.2 cm³/mol. The van der Waals surface area contributed by atoms with E-state index in [-0.39, 0.29) is 29.8 Å². The zero-order chi connectivity index (χ0) is 18.0. The molecule has 0 spiro atoms. The van der Waals surface area contributed by atoms with Crippen LogP contribution in [0.2, 0.25) is 0 Å². The third-order valence-corrected chi connectivity index (χ3v) is 4.58. The van der Waals surface area contributed by atoms with Crippen LogP contribution < -0.4 is 4.74 Å². The van der Waals surface area contributed by atoms with Crippen molar-refractivity contribution in [3.8, 4) is 5.75 Å². The highest BCUT2D eigenvalue weighted by atomic mass is 19.1. The molecule has 25 heavy (non-hydrogen) atoms. The number of aliphatic carboxylic acids is 1. The number of nitrogens with zero attached hydrogens (tertiary/aromatic N) is 2. The number of halogens is 1. The largest absolute Gasteiger partial charge is 0.494 e. The fourth-order valence-electron chi connectivity index (χ4n) is 3.50. The van der Waals surface area contributed by atoms with Crippen molar-refractivity contribution >= 4 is 11.9 Å². The summed E-state index contributed by atoms with van der Waals surface area (Å²) >= 11 is 0. The smallest absolute Gasteiger partial charge is 0.317 e. The lowest BCUT2D eigenvalue weighted by molar-refractivity contribution is -0.138. The molecule has 136 valence electrons. The Kier molecular flexibility index (Phi) is 5.19. The van der Waals surface area contributed by atoms with Gasteiger partial charge in [-0.05, 0) is 12.1 Å². The Morgan fingerprint density at radius 2 is 2.12 bits per heavy atom. The van der Waals surface area contributed by atoms with Gasteiger partial charge in [0.1, 0.15) is 0 Å². The van der Waals surface area contributed by atoms with Gasteiger partial charge in [-0.25, -0.2) is 4.39 Å². The van der Waals surface area contributed by atoms with Crippen molar-refractivity contribution in [2.45, 2.75) is 6.04 Å². The number of carboxylic acid groups (broad SMARTS) is 1. The van der Waals surface area contributed by atoms with Gasteiger partial charge in [0.2, 0.25) is 0 Å². The van der Waals surface area contributed by atoms with Gasteiger partial charge in [0.05, 0.1) is 38.5 Å². The van der Waals surface area contributed by atoms with Crippen LogP contribution in [-0.2, 0) is 9.53 Å². The molecule has 0 aromatic heterocycles. The van der Waals surface area contributed by atoms with Crippen LogP contribution in [0.15, 0.2) is 18.2 Å². The van der Waals surface area contributed by atoms with Crippen LogP contribution in [0.5, 0.6) is 5.75 Å². The van der Waals surface area contributed by atoms with E-state index in [1.165, 1.54) is 19.2 Å². The molecule has 3 rings (SSSR count). The summed E-state index contributed by atoms with van der Waals surface area (Å²) in [5.74, 6) is -2.00. The van der Waals surface area contributed by atoms with E-state index in [0.717, 1.165) is 0 Å². The van der Waals surface area contributed by atoms with E-state index in [1.54, 1.807) is 11.0 Å². The number of hydrogen-bond donors (Lipinski definition) is 1. The van der Waals surface area contributed by atoms with Gasteiger partial charge in [0, 0.05) is 25.6 Å². The maximum Gasteiger partial charge on any atom is 0.317 e. The molecule has 1 amide bonds. The summed E-state index contributed by atoms with van der Waals surface area (Å²) in [4.78, 5) is 27.4. The number of rotatable bonds is 4. The zero-order valence-electron chi connectivity index (χ0n) is 14.0. The van der Waals surface area contributed by atoms with Crippen LogP contribution in [0, 0.1) is 11.7 Å². The first kappa shape index (κ1) is 17.6. The number of carbonyl (C=O) groups is 2. The second-order valence-corrected chi connectivity index (χ2v) is 6.42. The van der Waals surface area contributed by atoms with Crippen molar-refractivity contribution in [2.75, 3.05) is 46.5 Å². The number of amides is 1. The minimum atomic E-state index is -0.905. The van der Waals surface area contributed by atoms with E-state index in [0.29, 0.717) is 32.8 Å². The van der Waals surface area contributed by atoms with Crippen molar-refractivity contribution in [1.82, 2.24) is 9.80 Å². The average Bonchev–Trinajstić information content (AvgIpc) is 2.84. The number of carbonyl (C=O) groups excluding carboxylic acids is 1. The normalized spacial score (nSPS) is 23.8. The van der Waals surface area contributed by atoms with Crippen LogP contribution in [0.3, 0.4) is 0 Å². The molecule has 0 radical (unpaired) electrons. The number of benzene rings is 1. The monoisotopic (exact) mass is 352 g/mol. The Bertz CT molecular complexity index is 668. The molecule has 2 atom stereocenters. The van der Waals surface area contributed by atoms with Crippen molar-refractivity contribution in [2.24, 2.45) is 5.92 Å². The maximum absolute atomic E-state index is 14.5. The van der Waals surface area contributed by atoms with E-state index in [4.69, 9.17) is 14.6 Å². The van der Waals surface area contributed by atoms with Crippen LogP contribution in [0.4, 0.5) is 4.39 Å². The summed E-state index contributed by atoms with van der Waals surface area (Å²) in [6.07, 6.45) is 0. The molecule has 1 aromatic rings. The molecule has 0 saturated carbocycles. The molecule has 1 aromatic carbocycles. The lowest BCUT2D eigenvalue weighted by Crippen LogP contribution is -2.47. The molecular weight excluding hydrogens is 331 g/mol. The highest BCUT2D eigenvalue weighted by molar-refractivity contribution is 5.95. The van der Waals surface area contributed by atoms with Gasteiger partial charge in [-0.1, -0.05) is 6.07 Å². The summed E-state index contributed by atoms with van der Waals surface area (Å²) in [5.41, 5.74) is -0.0447. The Morgan fingerprint density at radius 3 is 2.84 bits per heavy atom. The second kappa shape index (κ2) is 7.37. The highest BCUT2D eigenvalue weighted by Crippen LogP contribution is 2.25. The zero-order valence-corrected chi connectivity index (χ0v) is 14.0. The molecule has 7 nitrogen and oxygen atoms in total. The van der Waals surface area contributed by atoms with E-state index < -0.39 is 17.7 Å². The summed E-state index contributed by atoms with van der Waals surface area (Å²) in [5, 5.41) is 9.05. The fourth-order valence-corrected chi connectivity index (χ4v) is 3.50. The fraction of sp³-hybridized carbons (Fsp3) is 0.529. The second-order valence-electron chi connectivity index (χ2n) is 6.42. The first-order chi connectivity index (χ1) is 12.0. The minimum absolute atomic E-state index is 0.00975. The molecule has 2 bridgehead atoms. The maximum atomic E-state index is 14.5. The lowest BCUT2D eigenvalue weighted by Gasteiger charge is -2.30. The third kappa shape index (κ3) is 3.74. The van der Waals surface area contributed by atoms with Crippen LogP contribution >= 0.6 is 0 Å². The van der Waals surface area contributed by atoms with Crippen LogP contribution in [0.1, 0.15) is 10.4 Å². The van der Waals surface area contributed by atoms with Crippen LogP contribution in [0.25, 0.3) is 0 Å². The number of fused-ring (bicyclic) bond motifs is 3. The van der Waals surface area contributed by atoms with Gasteiger partial charge in [-0.15, -0.1) is 0 Å². The van der Waals surface area contributed by atoms with Gasteiger partial charge in [-0.3, -0.25) is 14.5 Å². The quantitative estimate of drug-likeness (QED) is 0.859. The van der Waals surface area contributed by atoms with Crippen molar-refractivity contribution < 1.29 is 28.6 Å². The van der Waals surface area contributed by atoms with E-state index >= 15 is 0 Å². The first-order valence-electron chi connectivity index (χ1n) is 8.15. The molecule has 2 aliphatic heterocycles. The summed E-state index contributed by atoms with van der Waals surface area (Å²) < 4.78 is 25.1. The van der Waals surface area contributed by atoms with E-state index in [2.05, 4.69) is 0 Å². The third-order valence-electron chi connectivity index (χ3n) is 4.58. The van der Waals surface area contributed by atoms with Gasteiger partial charge in [0.15, 0.2) is 11.6 Å². The lowest BCUT2D eigenvalue weighted by atomic mass is 10.1. The first-order valence-corrected chi connectivity index (χ1v) is 8.15. The number of carboxylic acids is 1. The van der Waals surface area contributed by atoms with Gasteiger partial charge in [-0.2, -0.15) is 0 Å². The minimum Gasteiger partial charge on any atom is -0.494 e. The summed E-state index contributed by atoms with van der Waals surface area (Å²) in [6, 6.07) is 4.16. The Balaban J connectivity index is 1.86. The Morgan fingerprint density at radius 1 is 1.32 bits per heavy atom. The topological polar surface area (TPSA) is 79.3 Å². The summed E-state index contributed by atoms with van der Waals surface area (Å²) in [6.45, 7) is 2.02. The molecule has 0 unspecified atom stereocenters. The van der Waals surface area contributed by atoms with E-state index in [1.807, 2.05) is 4.90 Å². The number of methoxy groups -OCH3 is 1. The van der Waals surface area contributed by atoms with Gasteiger partial charge >= 0.3 is 5.97 Å². The Hall–Kier alpha value is -2.19. The van der Waals surface area contributed by atoms with Gasteiger partial charge in [0.25, 0.3) is 5.91 Å². The number of hydrogen-bond acceptors (Lipinski definition) is 5. The number of ether oxygens (including phenoxy) is 2.